The zero-order valence-corrected chi connectivity index (χ0v) is 15.8. The highest BCUT2D eigenvalue weighted by molar-refractivity contribution is 5.96. The molecule has 4 rings (SSSR count). The second-order valence-electron chi connectivity index (χ2n) is 8.30. The van der Waals surface area contributed by atoms with Crippen molar-refractivity contribution < 1.29 is 23.9 Å². The van der Waals surface area contributed by atoms with Gasteiger partial charge in [-0.25, -0.2) is 9.18 Å². The fraction of sp³-hybridized carbons (Fsp3) is 0.571. The number of carboxylic acid groups (broad SMARTS) is 1. The van der Waals surface area contributed by atoms with Crippen LogP contribution in [-0.4, -0.2) is 58.9 Å². The Bertz CT molecular complexity index is 811. The Balaban J connectivity index is 1.36. The number of halogens is 1. The van der Waals surface area contributed by atoms with Gasteiger partial charge in [0.2, 0.25) is 5.91 Å². The van der Waals surface area contributed by atoms with Gasteiger partial charge >= 0.3 is 5.97 Å². The van der Waals surface area contributed by atoms with E-state index >= 15 is 0 Å². The van der Waals surface area contributed by atoms with Crippen LogP contribution in [-0.2, 0) is 4.79 Å². The van der Waals surface area contributed by atoms with Crippen LogP contribution in [0.4, 0.5) is 4.39 Å². The van der Waals surface area contributed by atoms with E-state index in [1.54, 1.807) is 4.90 Å². The molecule has 150 valence electrons. The number of carboxylic acids is 1. The summed E-state index contributed by atoms with van der Waals surface area (Å²) in [7, 11) is 0. The molecule has 3 fully saturated rings. The third-order valence-corrected chi connectivity index (χ3v) is 6.65. The minimum Gasteiger partial charge on any atom is -0.478 e. The van der Waals surface area contributed by atoms with Crippen LogP contribution in [0.15, 0.2) is 18.2 Å². The van der Waals surface area contributed by atoms with Gasteiger partial charge in [-0.3, -0.25) is 9.59 Å². The molecule has 0 bridgehead atoms. The van der Waals surface area contributed by atoms with Crippen LogP contribution >= 0.6 is 0 Å². The number of rotatable bonds is 3. The summed E-state index contributed by atoms with van der Waals surface area (Å²) in [6.07, 6.45) is 5.78. The molecular formula is C21H25FN2O4. The number of amides is 2. The van der Waals surface area contributed by atoms with Crippen molar-refractivity contribution in [3.05, 3.63) is 35.1 Å². The van der Waals surface area contributed by atoms with E-state index in [0.29, 0.717) is 13.1 Å². The molecular weight excluding hydrogens is 363 g/mol. The zero-order valence-electron chi connectivity index (χ0n) is 15.8. The maximum Gasteiger partial charge on any atom is 0.335 e. The van der Waals surface area contributed by atoms with Gasteiger partial charge in [-0.1, -0.05) is 0 Å². The molecule has 3 aliphatic rings. The predicted octanol–water partition coefficient (Wildman–Crippen LogP) is 2.78. The summed E-state index contributed by atoms with van der Waals surface area (Å²) in [6.45, 7) is 2.73. The van der Waals surface area contributed by atoms with Crippen LogP contribution in [0.25, 0.3) is 0 Å². The van der Waals surface area contributed by atoms with E-state index in [1.165, 1.54) is 18.6 Å². The number of benzene rings is 1. The molecule has 2 heterocycles. The van der Waals surface area contributed by atoms with Gasteiger partial charge < -0.3 is 14.9 Å². The first-order valence-corrected chi connectivity index (χ1v) is 10.0. The molecule has 1 aromatic carbocycles. The Morgan fingerprint density at radius 2 is 1.68 bits per heavy atom. The maximum atomic E-state index is 14.2. The molecule has 2 amide bonds. The standard InChI is InChI=1S/C21H25FN2O4/c22-17-12-14(20(27)28)4-5-15(17)18(25)24-10-6-21(7-11-24)13-16(21)19(26)23-8-2-1-3-9-23/h4-5,12,16H,1-3,6-11,13H2,(H,27,28). The summed E-state index contributed by atoms with van der Waals surface area (Å²) < 4.78 is 14.2. The number of hydrogen-bond acceptors (Lipinski definition) is 3. The second kappa shape index (κ2) is 7.18. The highest BCUT2D eigenvalue weighted by Crippen LogP contribution is 2.60. The predicted molar refractivity (Wildman–Crippen MR) is 99.5 cm³/mol. The van der Waals surface area contributed by atoms with Crippen molar-refractivity contribution in [3.63, 3.8) is 0 Å². The molecule has 1 saturated carbocycles. The molecule has 1 aromatic rings. The molecule has 1 unspecified atom stereocenters. The zero-order chi connectivity index (χ0) is 19.9. The summed E-state index contributed by atoms with van der Waals surface area (Å²) in [5, 5.41) is 8.92. The van der Waals surface area contributed by atoms with Crippen LogP contribution < -0.4 is 0 Å². The average molecular weight is 388 g/mol. The van der Waals surface area contributed by atoms with Gasteiger partial charge in [-0.2, -0.15) is 0 Å². The van der Waals surface area contributed by atoms with Crippen LogP contribution in [0, 0.1) is 17.2 Å². The lowest BCUT2D eigenvalue weighted by Crippen LogP contribution is -2.42. The Labute approximate surface area is 163 Å². The van der Waals surface area contributed by atoms with Crippen LogP contribution in [0.1, 0.15) is 59.2 Å². The molecule has 0 aromatic heterocycles. The summed E-state index contributed by atoms with van der Waals surface area (Å²) in [4.78, 5) is 39.9. The molecule has 2 saturated heterocycles. The van der Waals surface area contributed by atoms with E-state index in [4.69, 9.17) is 5.11 Å². The summed E-state index contributed by atoms with van der Waals surface area (Å²) in [5.41, 5.74) is -0.266. The number of hydrogen-bond donors (Lipinski definition) is 1. The SMILES string of the molecule is O=C(O)c1ccc(C(=O)N2CCC3(CC2)CC3C(=O)N2CCCCC2)c(F)c1. The van der Waals surface area contributed by atoms with Gasteiger partial charge in [0.25, 0.3) is 5.91 Å². The number of piperidine rings is 2. The highest BCUT2D eigenvalue weighted by Gasteiger charge is 2.59. The van der Waals surface area contributed by atoms with E-state index in [9.17, 15) is 18.8 Å². The van der Waals surface area contributed by atoms with E-state index in [0.717, 1.165) is 51.3 Å². The van der Waals surface area contributed by atoms with E-state index < -0.39 is 17.7 Å². The summed E-state index contributed by atoms with van der Waals surface area (Å²) in [5.74, 6) is -2.10. The van der Waals surface area contributed by atoms with Crippen molar-refractivity contribution in [2.24, 2.45) is 11.3 Å². The van der Waals surface area contributed by atoms with Crippen molar-refractivity contribution in [2.45, 2.75) is 38.5 Å². The monoisotopic (exact) mass is 388 g/mol. The Morgan fingerprint density at radius 1 is 1.00 bits per heavy atom. The van der Waals surface area contributed by atoms with E-state index in [-0.39, 0.29) is 28.4 Å². The first kappa shape index (κ1) is 18.9. The largest absolute Gasteiger partial charge is 0.478 e. The summed E-state index contributed by atoms with van der Waals surface area (Å²) >= 11 is 0. The fourth-order valence-electron chi connectivity index (χ4n) is 4.73. The Kier molecular flexibility index (Phi) is 4.85. The normalized spacial score (nSPS) is 23.5. The molecule has 0 radical (unpaired) electrons. The van der Waals surface area contributed by atoms with Gasteiger partial charge in [0.1, 0.15) is 5.82 Å². The number of carbonyl (C=O) groups is 3. The lowest BCUT2D eigenvalue weighted by Gasteiger charge is -2.34. The number of nitrogens with zero attached hydrogens (tertiary/aromatic N) is 2. The highest BCUT2D eigenvalue weighted by atomic mass is 19.1. The van der Waals surface area contributed by atoms with Gasteiger partial charge in [0, 0.05) is 32.1 Å². The first-order valence-electron chi connectivity index (χ1n) is 10.0. The lowest BCUT2D eigenvalue weighted by atomic mass is 9.90. The number of likely N-dealkylation sites (tertiary alicyclic amines) is 2. The number of aromatic carboxylic acids is 1. The van der Waals surface area contributed by atoms with E-state index in [1.807, 2.05) is 4.90 Å². The fourth-order valence-corrected chi connectivity index (χ4v) is 4.73. The molecule has 28 heavy (non-hydrogen) atoms. The quantitative estimate of drug-likeness (QED) is 0.864. The molecule has 2 aliphatic heterocycles. The van der Waals surface area contributed by atoms with Gasteiger partial charge in [-0.15, -0.1) is 0 Å². The first-order chi connectivity index (χ1) is 13.4. The molecule has 1 aliphatic carbocycles. The maximum absolute atomic E-state index is 14.2. The van der Waals surface area contributed by atoms with Crippen molar-refractivity contribution in [1.82, 2.24) is 9.80 Å². The van der Waals surface area contributed by atoms with Gasteiger partial charge in [-0.05, 0) is 62.1 Å². The van der Waals surface area contributed by atoms with Crippen molar-refractivity contribution in [1.29, 1.82) is 0 Å². The molecule has 6 nitrogen and oxygen atoms in total. The molecule has 1 N–H and O–H groups in total. The van der Waals surface area contributed by atoms with Crippen molar-refractivity contribution in [3.8, 4) is 0 Å². The van der Waals surface area contributed by atoms with Crippen LogP contribution in [0.5, 0.6) is 0 Å². The minimum atomic E-state index is -1.23. The third-order valence-electron chi connectivity index (χ3n) is 6.65. The average Bonchev–Trinajstić information content (AvgIpc) is 3.41. The van der Waals surface area contributed by atoms with E-state index in [2.05, 4.69) is 0 Å². The van der Waals surface area contributed by atoms with Crippen LogP contribution in [0.2, 0.25) is 0 Å². The minimum absolute atomic E-state index is 0.0109. The Hall–Kier alpha value is -2.44. The Morgan fingerprint density at radius 3 is 2.29 bits per heavy atom. The van der Waals surface area contributed by atoms with Crippen LogP contribution in [0.3, 0.4) is 0 Å². The van der Waals surface area contributed by atoms with Crippen molar-refractivity contribution >= 4 is 17.8 Å². The number of carbonyl (C=O) groups excluding carboxylic acids is 2. The van der Waals surface area contributed by atoms with Gasteiger partial charge in [0.15, 0.2) is 0 Å². The molecule has 1 spiro atoms. The summed E-state index contributed by atoms with van der Waals surface area (Å²) in [6, 6.07) is 3.37. The van der Waals surface area contributed by atoms with Gasteiger partial charge in [0.05, 0.1) is 11.1 Å². The lowest BCUT2D eigenvalue weighted by molar-refractivity contribution is -0.134. The topological polar surface area (TPSA) is 77.9 Å². The molecule has 7 heteroatoms. The second-order valence-corrected chi connectivity index (χ2v) is 8.30. The molecule has 1 atom stereocenters. The smallest absolute Gasteiger partial charge is 0.335 e. The third kappa shape index (κ3) is 3.38. The van der Waals surface area contributed by atoms with Crippen molar-refractivity contribution in [2.75, 3.05) is 26.2 Å².